The Morgan fingerprint density at radius 1 is 0.950 bits per heavy atom. The molecule has 1 aliphatic heterocycles. The van der Waals surface area contributed by atoms with Crippen molar-refractivity contribution in [1.82, 2.24) is 4.90 Å². The fourth-order valence-corrected chi connectivity index (χ4v) is 5.30. The summed E-state index contributed by atoms with van der Waals surface area (Å²) in [5.41, 5.74) is -1.16. The Bertz CT molecular complexity index is 1280. The first-order valence-electron chi connectivity index (χ1n) is 12.9. The summed E-state index contributed by atoms with van der Waals surface area (Å²) in [6.45, 7) is 4.96. The molecule has 0 aromatic heterocycles. The van der Waals surface area contributed by atoms with Crippen LogP contribution in [0.1, 0.15) is 80.4 Å². The Kier molecular flexibility index (Phi) is 7.92. The molecule has 0 unspecified atom stereocenters. The van der Waals surface area contributed by atoms with Gasteiger partial charge in [0.05, 0.1) is 29.9 Å². The normalized spacial score (nSPS) is 20.7. The van der Waals surface area contributed by atoms with Crippen LogP contribution in [0.5, 0.6) is 5.75 Å². The topological polar surface area (TPSA) is 59.0 Å². The summed E-state index contributed by atoms with van der Waals surface area (Å²) in [6, 6.07) is 5.79. The molecule has 0 radical (unpaired) electrons. The number of nitrogens with zero attached hydrogens (tertiary/aromatic N) is 1. The molecule has 40 heavy (non-hydrogen) atoms. The first kappa shape index (κ1) is 29.8. The maximum Gasteiger partial charge on any atom is 0.416 e. The first-order valence-corrected chi connectivity index (χ1v) is 12.9. The van der Waals surface area contributed by atoms with Crippen molar-refractivity contribution in [2.75, 3.05) is 13.7 Å². The van der Waals surface area contributed by atoms with Gasteiger partial charge in [-0.2, -0.15) is 26.3 Å². The number of alkyl halides is 6. The molecular formula is C29H31F6NO4. The lowest BCUT2D eigenvalue weighted by Gasteiger charge is -2.28. The van der Waals surface area contributed by atoms with E-state index in [9.17, 15) is 36.2 Å². The van der Waals surface area contributed by atoms with E-state index in [1.54, 1.807) is 32.9 Å². The van der Waals surface area contributed by atoms with Gasteiger partial charge < -0.3 is 14.6 Å². The minimum absolute atomic E-state index is 0.0526. The van der Waals surface area contributed by atoms with Crippen molar-refractivity contribution >= 4 is 11.7 Å². The van der Waals surface area contributed by atoms with E-state index >= 15 is 0 Å². The summed E-state index contributed by atoms with van der Waals surface area (Å²) < 4.78 is 91.5. The Labute approximate surface area is 228 Å². The molecule has 0 spiro atoms. The molecular weight excluding hydrogens is 540 g/mol. The van der Waals surface area contributed by atoms with E-state index in [-0.39, 0.29) is 18.2 Å². The van der Waals surface area contributed by atoms with Crippen LogP contribution in [0.15, 0.2) is 42.0 Å². The number of carbonyl (C=O) groups excluding carboxylic acids is 1. The molecule has 0 bridgehead atoms. The minimum atomic E-state index is -5.01. The lowest BCUT2D eigenvalue weighted by Crippen LogP contribution is -2.34. The Morgan fingerprint density at radius 3 is 2.10 bits per heavy atom. The van der Waals surface area contributed by atoms with E-state index in [0.29, 0.717) is 36.3 Å². The summed E-state index contributed by atoms with van der Waals surface area (Å²) in [5, 5.41) is 10.6. The molecule has 2 aromatic carbocycles. The molecule has 2 atom stereocenters. The second-order valence-corrected chi connectivity index (χ2v) is 10.8. The SMILES string of the molecule is COc1ccc(C(C)(C)O)cc1C1=C(CN2C(=O)O[C@H](c3cc(C(F)(F)F)cc(C(F)(F)F)c3)[C@@H]2C)CCCC1. The molecule has 11 heteroatoms. The Balaban J connectivity index is 1.71. The van der Waals surface area contributed by atoms with Crippen molar-refractivity contribution in [1.29, 1.82) is 0 Å². The van der Waals surface area contributed by atoms with Crippen LogP contribution in [0.4, 0.5) is 31.1 Å². The van der Waals surface area contributed by atoms with E-state index in [1.807, 2.05) is 6.07 Å². The number of rotatable bonds is 6. The largest absolute Gasteiger partial charge is 0.496 e. The summed E-state index contributed by atoms with van der Waals surface area (Å²) in [7, 11) is 1.53. The monoisotopic (exact) mass is 571 g/mol. The van der Waals surface area contributed by atoms with Crippen LogP contribution >= 0.6 is 0 Å². The zero-order valence-electron chi connectivity index (χ0n) is 22.5. The van der Waals surface area contributed by atoms with Gasteiger partial charge in [0, 0.05) is 12.1 Å². The van der Waals surface area contributed by atoms with Crippen molar-refractivity contribution in [3.05, 3.63) is 69.8 Å². The smallest absolute Gasteiger partial charge is 0.416 e. The number of halogens is 6. The molecule has 1 amide bonds. The first-order chi connectivity index (χ1) is 18.5. The minimum Gasteiger partial charge on any atom is -0.496 e. The number of hydrogen-bond donors (Lipinski definition) is 1. The lowest BCUT2D eigenvalue weighted by molar-refractivity contribution is -0.143. The van der Waals surface area contributed by atoms with Gasteiger partial charge >= 0.3 is 18.4 Å². The van der Waals surface area contributed by atoms with Gasteiger partial charge in [0.25, 0.3) is 0 Å². The van der Waals surface area contributed by atoms with Crippen LogP contribution in [0.3, 0.4) is 0 Å². The number of hydrogen-bond acceptors (Lipinski definition) is 4. The van der Waals surface area contributed by atoms with Gasteiger partial charge in [0.15, 0.2) is 0 Å². The van der Waals surface area contributed by atoms with Crippen molar-refractivity contribution in [2.45, 2.75) is 76.6 Å². The van der Waals surface area contributed by atoms with Crippen LogP contribution < -0.4 is 4.74 Å². The molecule has 218 valence electrons. The molecule has 1 fully saturated rings. The van der Waals surface area contributed by atoms with Crippen LogP contribution in [0.2, 0.25) is 0 Å². The number of aliphatic hydroxyl groups is 1. The highest BCUT2D eigenvalue weighted by molar-refractivity contribution is 5.77. The predicted molar refractivity (Wildman–Crippen MR) is 135 cm³/mol. The quantitative estimate of drug-likeness (QED) is 0.359. The van der Waals surface area contributed by atoms with Crippen molar-refractivity contribution < 1.29 is 45.7 Å². The second-order valence-electron chi connectivity index (χ2n) is 10.8. The number of cyclic esters (lactones) is 1. The standard InChI is InChI=1S/C29H31F6NO4/c1-16-25(18-11-20(28(30,31)32)13-21(12-18)29(33,34)35)40-26(37)36(16)15-17-7-5-6-8-22(17)23-14-19(27(2,3)38)9-10-24(23)39-4/h9-14,16,25,38H,5-8,15H2,1-4H3/t16-,25-/m0/s1. The summed E-state index contributed by atoms with van der Waals surface area (Å²) in [5.74, 6) is 0.584. The van der Waals surface area contributed by atoms with E-state index in [4.69, 9.17) is 9.47 Å². The predicted octanol–water partition coefficient (Wildman–Crippen LogP) is 7.87. The highest BCUT2D eigenvalue weighted by Crippen LogP contribution is 2.43. The highest BCUT2D eigenvalue weighted by atomic mass is 19.4. The maximum absolute atomic E-state index is 13.4. The summed E-state index contributed by atoms with van der Waals surface area (Å²) >= 11 is 0. The number of amides is 1. The average Bonchev–Trinajstić information content (AvgIpc) is 3.15. The molecule has 2 aromatic rings. The molecule has 1 heterocycles. The third kappa shape index (κ3) is 6.09. The lowest BCUT2D eigenvalue weighted by atomic mass is 9.84. The zero-order valence-corrected chi connectivity index (χ0v) is 22.5. The van der Waals surface area contributed by atoms with Crippen LogP contribution in [-0.4, -0.2) is 35.8 Å². The van der Waals surface area contributed by atoms with Gasteiger partial charge in [-0.3, -0.25) is 4.90 Å². The van der Waals surface area contributed by atoms with Gasteiger partial charge in [-0.25, -0.2) is 4.79 Å². The van der Waals surface area contributed by atoms with Gasteiger partial charge in [0.1, 0.15) is 11.9 Å². The molecule has 5 nitrogen and oxygen atoms in total. The van der Waals surface area contributed by atoms with Crippen LogP contribution in [0, 0.1) is 0 Å². The number of benzene rings is 2. The highest BCUT2D eigenvalue weighted by Gasteiger charge is 2.43. The number of allylic oxidation sites excluding steroid dienone is 1. The van der Waals surface area contributed by atoms with Gasteiger partial charge in [-0.1, -0.05) is 6.07 Å². The Morgan fingerprint density at radius 2 is 1.55 bits per heavy atom. The third-order valence-electron chi connectivity index (χ3n) is 7.50. The van der Waals surface area contributed by atoms with Gasteiger partial charge in [0.2, 0.25) is 0 Å². The van der Waals surface area contributed by atoms with Crippen molar-refractivity contribution in [3.63, 3.8) is 0 Å². The number of methoxy groups -OCH3 is 1. The van der Waals surface area contributed by atoms with E-state index in [2.05, 4.69) is 0 Å². The average molecular weight is 572 g/mol. The molecule has 2 aliphatic rings. The summed E-state index contributed by atoms with van der Waals surface area (Å²) in [4.78, 5) is 14.3. The van der Waals surface area contributed by atoms with E-state index in [1.165, 1.54) is 12.0 Å². The van der Waals surface area contributed by atoms with E-state index in [0.717, 1.165) is 29.6 Å². The van der Waals surface area contributed by atoms with Crippen LogP contribution in [-0.2, 0) is 22.7 Å². The maximum atomic E-state index is 13.4. The van der Waals surface area contributed by atoms with Crippen molar-refractivity contribution in [2.24, 2.45) is 0 Å². The summed E-state index contributed by atoms with van der Waals surface area (Å²) in [6.07, 6.45) is -9.15. The van der Waals surface area contributed by atoms with Crippen LogP contribution in [0.25, 0.3) is 5.57 Å². The molecule has 0 saturated carbocycles. The van der Waals surface area contributed by atoms with Gasteiger partial charge in [-0.15, -0.1) is 0 Å². The third-order valence-corrected chi connectivity index (χ3v) is 7.50. The second kappa shape index (κ2) is 10.6. The van der Waals surface area contributed by atoms with E-state index < -0.39 is 47.3 Å². The number of ether oxygens (including phenoxy) is 2. The zero-order chi connectivity index (χ0) is 29.6. The number of carbonyl (C=O) groups is 1. The fraction of sp³-hybridized carbons (Fsp3) is 0.483. The molecule has 1 N–H and O–H groups in total. The molecule has 1 saturated heterocycles. The fourth-order valence-electron chi connectivity index (χ4n) is 5.30. The Hall–Kier alpha value is -3.21. The van der Waals surface area contributed by atoms with Crippen molar-refractivity contribution in [3.8, 4) is 5.75 Å². The van der Waals surface area contributed by atoms with Gasteiger partial charge in [-0.05, 0) is 99.1 Å². The molecule has 1 aliphatic carbocycles. The molecule has 4 rings (SSSR count).